The minimum Gasteiger partial charge on any atom is -0.388 e. The van der Waals surface area contributed by atoms with E-state index in [9.17, 15) is 14.3 Å². The lowest BCUT2D eigenvalue weighted by Crippen LogP contribution is -2.37. The van der Waals surface area contributed by atoms with Crippen molar-refractivity contribution in [3.05, 3.63) is 65.5 Å². The lowest BCUT2D eigenvalue weighted by atomic mass is 9.98. The molecule has 4 heteroatoms. The summed E-state index contributed by atoms with van der Waals surface area (Å²) in [5.74, 6) is -0.439. The summed E-state index contributed by atoms with van der Waals surface area (Å²) in [5.41, 5.74) is 2.04. The van der Waals surface area contributed by atoms with Crippen molar-refractivity contribution in [1.82, 2.24) is 0 Å². The van der Waals surface area contributed by atoms with Crippen LogP contribution in [0, 0.1) is 5.82 Å². The number of carbonyl (C=O) groups excluding carboxylic acids is 1. The second-order valence-electron chi connectivity index (χ2n) is 5.22. The molecule has 108 valence electrons. The largest absolute Gasteiger partial charge is 0.388 e. The zero-order valence-corrected chi connectivity index (χ0v) is 11.5. The molecule has 0 radical (unpaired) electrons. The third-order valence-electron chi connectivity index (χ3n) is 3.76. The zero-order valence-electron chi connectivity index (χ0n) is 11.5. The Morgan fingerprint density at radius 2 is 2.00 bits per heavy atom. The average molecular weight is 285 g/mol. The molecule has 2 aromatic carbocycles. The summed E-state index contributed by atoms with van der Waals surface area (Å²) in [5, 5.41) is 9.97. The van der Waals surface area contributed by atoms with E-state index in [1.54, 1.807) is 11.0 Å². The molecule has 2 aromatic rings. The molecule has 0 saturated heterocycles. The topological polar surface area (TPSA) is 40.5 Å². The molecular formula is C17H16FNO2. The molecule has 0 bridgehead atoms. The van der Waals surface area contributed by atoms with Gasteiger partial charge in [-0.1, -0.05) is 30.3 Å². The van der Waals surface area contributed by atoms with Gasteiger partial charge in [0.1, 0.15) is 5.82 Å². The standard InChI is InChI=1S/C17H16FNO2/c18-13-6-7-15-14(11-13)16(20)8-9-19(15)17(21)10-12-4-2-1-3-5-12/h1-7,11,16,20H,8-10H2. The monoisotopic (exact) mass is 285 g/mol. The van der Waals surface area contributed by atoms with Gasteiger partial charge in [-0.3, -0.25) is 4.79 Å². The van der Waals surface area contributed by atoms with E-state index in [4.69, 9.17) is 0 Å². The Morgan fingerprint density at radius 3 is 2.76 bits per heavy atom. The number of carbonyl (C=O) groups is 1. The number of fused-ring (bicyclic) bond motifs is 1. The molecule has 1 aliphatic rings. The lowest BCUT2D eigenvalue weighted by Gasteiger charge is -2.32. The summed E-state index contributed by atoms with van der Waals surface area (Å²) in [6.45, 7) is 0.450. The third-order valence-corrected chi connectivity index (χ3v) is 3.76. The maximum atomic E-state index is 13.3. The van der Waals surface area contributed by atoms with Crippen LogP contribution in [0.25, 0.3) is 0 Å². The number of nitrogens with zero attached hydrogens (tertiary/aromatic N) is 1. The van der Waals surface area contributed by atoms with E-state index < -0.39 is 11.9 Å². The second-order valence-corrected chi connectivity index (χ2v) is 5.22. The van der Waals surface area contributed by atoms with Gasteiger partial charge in [0, 0.05) is 17.8 Å². The molecule has 1 unspecified atom stereocenters. The first-order chi connectivity index (χ1) is 10.1. The fraction of sp³-hybridized carbons (Fsp3) is 0.235. The Labute approximate surface area is 122 Å². The van der Waals surface area contributed by atoms with E-state index in [-0.39, 0.29) is 5.91 Å². The first-order valence-corrected chi connectivity index (χ1v) is 6.97. The number of aliphatic hydroxyl groups excluding tert-OH is 1. The highest BCUT2D eigenvalue weighted by molar-refractivity contribution is 5.96. The van der Waals surface area contributed by atoms with Crippen LogP contribution in [0.4, 0.5) is 10.1 Å². The predicted molar refractivity (Wildman–Crippen MR) is 78.5 cm³/mol. The highest BCUT2D eigenvalue weighted by Crippen LogP contribution is 2.34. The van der Waals surface area contributed by atoms with Crippen LogP contribution in [0.3, 0.4) is 0 Å². The summed E-state index contributed by atoms with van der Waals surface area (Å²) in [4.78, 5) is 14.1. The van der Waals surface area contributed by atoms with Gasteiger partial charge < -0.3 is 10.0 Å². The molecule has 0 fully saturated rings. The van der Waals surface area contributed by atoms with Gasteiger partial charge in [0.2, 0.25) is 5.91 Å². The van der Waals surface area contributed by atoms with E-state index >= 15 is 0 Å². The molecule has 3 rings (SSSR count). The molecule has 0 spiro atoms. The van der Waals surface area contributed by atoms with E-state index in [1.165, 1.54) is 12.1 Å². The summed E-state index contributed by atoms with van der Waals surface area (Å²) in [6, 6.07) is 13.7. The Hall–Kier alpha value is -2.20. The number of aliphatic hydroxyl groups is 1. The molecule has 1 heterocycles. The molecule has 0 aromatic heterocycles. The van der Waals surface area contributed by atoms with E-state index in [0.29, 0.717) is 30.6 Å². The van der Waals surface area contributed by atoms with E-state index in [0.717, 1.165) is 5.56 Å². The number of hydrogen-bond acceptors (Lipinski definition) is 2. The lowest BCUT2D eigenvalue weighted by molar-refractivity contribution is -0.118. The van der Waals surface area contributed by atoms with Gasteiger partial charge in [-0.05, 0) is 30.2 Å². The van der Waals surface area contributed by atoms with Crippen LogP contribution >= 0.6 is 0 Å². The Balaban J connectivity index is 1.87. The van der Waals surface area contributed by atoms with Gasteiger partial charge in [-0.15, -0.1) is 0 Å². The van der Waals surface area contributed by atoms with Gasteiger partial charge in [-0.25, -0.2) is 4.39 Å². The van der Waals surface area contributed by atoms with Gasteiger partial charge in [0.05, 0.1) is 12.5 Å². The highest BCUT2D eigenvalue weighted by Gasteiger charge is 2.27. The SMILES string of the molecule is O=C(Cc1ccccc1)N1CCC(O)c2cc(F)ccc21. The van der Waals surface area contributed by atoms with Gasteiger partial charge in [-0.2, -0.15) is 0 Å². The van der Waals surface area contributed by atoms with Crippen molar-refractivity contribution in [2.45, 2.75) is 18.9 Å². The molecule has 0 aliphatic carbocycles. The van der Waals surface area contributed by atoms with Crippen LogP contribution in [0.15, 0.2) is 48.5 Å². The third kappa shape index (κ3) is 2.81. The fourth-order valence-corrected chi connectivity index (χ4v) is 2.69. The minimum atomic E-state index is -0.712. The number of halogens is 1. The first-order valence-electron chi connectivity index (χ1n) is 6.97. The molecule has 1 amide bonds. The summed E-state index contributed by atoms with van der Waals surface area (Å²) >= 11 is 0. The Kier molecular flexibility index (Phi) is 3.71. The van der Waals surface area contributed by atoms with Gasteiger partial charge in [0.15, 0.2) is 0 Å². The van der Waals surface area contributed by atoms with Crippen molar-refractivity contribution in [3.63, 3.8) is 0 Å². The maximum absolute atomic E-state index is 13.3. The van der Waals surface area contributed by atoms with E-state index in [2.05, 4.69) is 0 Å². The molecule has 1 N–H and O–H groups in total. The fourth-order valence-electron chi connectivity index (χ4n) is 2.69. The molecule has 21 heavy (non-hydrogen) atoms. The normalized spacial score (nSPS) is 17.4. The number of benzene rings is 2. The Bertz CT molecular complexity index is 657. The van der Waals surface area contributed by atoms with Crippen LogP contribution in [0.1, 0.15) is 23.7 Å². The number of hydrogen-bond donors (Lipinski definition) is 1. The zero-order chi connectivity index (χ0) is 14.8. The van der Waals surface area contributed by atoms with Gasteiger partial charge in [0.25, 0.3) is 0 Å². The van der Waals surface area contributed by atoms with Crippen LogP contribution in [-0.2, 0) is 11.2 Å². The number of amides is 1. The Morgan fingerprint density at radius 1 is 1.24 bits per heavy atom. The van der Waals surface area contributed by atoms with Crippen molar-refractivity contribution in [1.29, 1.82) is 0 Å². The number of rotatable bonds is 2. The minimum absolute atomic E-state index is 0.0408. The van der Waals surface area contributed by atoms with Crippen LogP contribution < -0.4 is 4.90 Å². The molecular weight excluding hydrogens is 269 g/mol. The van der Waals surface area contributed by atoms with E-state index in [1.807, 2.05) is 30.3 Å². The molecule has 3 nitrogen and oxygen atoms in total. The smallest absolute Gasteiger partial charge is 0.231 e. The van der Waals surface area contributed by atoms with Crippen molar-refractivity contribution in [3.8, 4) is 0 Å². The molecule has 1 atom stereocenters. The molecule has 0 saturated carbocycles. The van der Waals surface area contributed by atoms with Crippen LogP contribution in [0.2, 0.25) is 0 Å². The van der Waals surface area contributed by atoms with Crippen LogP contribution in [0.5, 0.6) is 0 Å². The summed E-state index contributed by atoms with van der Waals surface area (Å²) in [7, 11) is 0. The van der Waals surface area contributed by atoms with Gasteiger partial charge >= 0.3 is 0 Å². The quantitative estimate of drug-likeness (QED) is 0.921. The summed E-state index contributed by atoms with van der Waals surface area (Å²) in [6.07, 6.45) is 0.0153. The van der Waals surface area contributed by atoms with Crippen molar-refractivity contribution < 1.29 is 14.3 Å². The van der Waals surface area contributed by atoms with Crippen molar-refractivity contribution in [2.24, 2.45) is 0 Å². The molecule has 1 aliphatic heterocycles. The highest BCUT2D eigenvalue weighted by atomic mass is 19.1. The second kappa shape index (κ2) is 5.66. The van der Waals surface area contributed by atoms with Crippen molar-refractivity contribution >= 4 is 11.6 Å². The first kappa shape index (κ1) is 13.8. The predicted octanol–water partition coefficient (Wildman–Crippen LogP) is 2.84. The summed E-state index contributed by atoms with van der Waals surface area (Å²) < 4.78 is 13.3. The number of anilines is 1. The maximum Gasteiger partial charge on any atom is 0.231 e. The van der Waals surface area contributed by atoms with Crippen molar-refractivity contribution in [2.75, 3.05) is 11.4 Å². The average Bonchev–Trinajstić information content (AvgIpc) is 2.49. The van der Waals surface area contributed by atoms with Crippen LogP contribution in [-0.4, -0.2) is 17.6 Å².